The number of hydrogen-bond donors (Lipinski definition) is 2. The second-order valence-corrected chi connectivity index (χ2v) is 7.45. The van der Waals surface area contributed by atoms with E-state index < -0.39 is 0 Å². The molecule has 3 aromatic rings. The van der Waals surface area contributed by atoms with Crippen molar-refractivity contribution < 1.29 is 14.7 Å². The molecule has 31 heavy (non-hydrogen) atoms. The summed E-state index contributed by atoms with van der Waals surface area (Å²) < 4.78 is 6.74. The summed E-state index contributed by atoms with van der Waals surface area (Å²) in [6.45, 7) is 1.31. The van der Waals surface area contributed by atoms with E-state index in [9.17, 15) is 10.0 Å². The van der Waals surface area contributed by atoms with Crippen LogP contribution in [-0.2, 0) is 22.5 Å². The standard InChI is InChI=1S/C23H25N5O3/c1-31-15-22(29)25-9-2-12-28-14-20(23(26-28)16-7-10-24-11-8-16)18-3-5-19-17(13-18)4-6-21(19)27-30/h3,5,7-8,10-11,13-14,30H,2,4,6,9,12,15H2,1H3,(H,25,29)/b27-21+. The van der Waals surface area contributed by atoms with Gasteiger partial charge in [-0.1, -0.05) is 23.4 Å². The van der Waals surface area contributed by atoms with Gasteiger partial charge in [-0.3, -0.25) is 14.5 Å². The molecule has 1 aromatic carbocycles. The quantitative estimate of drug-likeness (QED) is 0.332. The lowest BCUT2D eigenvalue weighted by atomic mass is 9.98. The summed E-state index contributed by atoms with van der Waals surface area (Å²) >= 11 is 0. The minimum atomic E-state index is -0.120. The van der Waals surface area contributed by atoms with Crippen LogP contribution in [0.2, 0.25) is 0 Å². The highest BCUT2D eigenvalue weighted by Gasteiger charge is 2.20. The van der Waals surface area contributed by atoms with Gasteiger partial charge in [0.25, 0.3) is 0 Å². The molecule has 0 radical (unpaired) electrons. The van der Waals surface area contributed by atoms with Crippen LogP contribution >= 0.6 is 0 Å². The molecule has 0 fully saturated rings. The summed E-state index contributed by atoms with van der Waals surface area (Å²) in [4.78, 5) is 15.6. The van der Waals surface area contributed by atoms with E-state index in [0.29, 0.717) is 13.1 Å². The Morgan fingerprint density at radius 2 is 2.03 bits per heavy atom. The Morgan fingerprint density at radius 1 is 1.19 bits per heavy atom. The molecule has 0 saturated carbocycles. The molecule has 2 N–H and O–H groups in total. The van der Waals surface area contributed by atoms with Gasteiger partial charge in [0.05, 0.1) is 5.71 Å². The second kappa shape index (κ2) is 9.53. The number of pyridine rings is 1. The summed E-state index contributed by atoms with van der Waals surface area (Å²) in [5.41, 5.74) is 6.92. The van der Waals surface area contributed by atoms with E-state index in [1.165, 1.54) is 12.7 Å². The van der Waals surface area contributed by atoms with Gasteiger partial charge in [-0.25, -0.2) is 0 Å². The predicted molar refractivity (Wildman–Crippen MR) is 117 cm³/mol. The third-order valence-electron chi connectivity index (χ3n) is 5.36. The molecule has 160 valence electrons. The normalized spacial score (nSPS) is 14.0. The molecule has 2 heterocycles. The first-order chi connectivity index (χ1) is 15.2. The van der Waals surface area contributed by atoms with E-state index >= 15 is 0 Å². The van der Waals surface area contributed by atoms with Crippen molar-refractivity contribution in [1.29, 1.82) is 0 Å². The maximum Gasteiger partial charge on any atom is 0.245 e. The molecular weight excluding hydrogens is 394 g/mol. The van der Waals surface area contributed by atoms with Crippen LogP contribution < -0.4 is 5.32 Å². The first-order valence-electron chi connectivity index (χ1n) is 10.3. The molecule has 1 amide bonds. The van der Waals surface area contributed by atoms with Gasteiger partial charge in [0.1, 0.15) is 12.3 Å². The van der Waals surface area contributed by atoms with Crippen molar-refractivity contribution >= 4 is 11.6 Å². The summed E-state index contributed by atoms with van der Waals surface area (Å²) in [5, 5.41) is 20.3. The number of benzene rings is 1. The molecule has 4 rings (SSSR count). The van der Waals surface area contributed by atoms with Crippen molar-refractivity contribution in [1.82, 2.24) is 20.1 Å². The first-order valence-corrected chi connectivity index (χ1v) is 10.3. The van der Waals surface area contributed by atoms with Crippen LogP contribution in [0.5, 0.6) is 0 Å². The zero-order valence-corrected chi connectivity index (χ0v) is 17.4. The van der Waals surface area contributed by atoms with Gasteiger partial charge in [0.2, 0.25) is 5.91 Å². The highest BCUT2D eigenvalue weighted by Crippen LogP contribution is 2.34. The Kier molecular flexibility index (Phi) is 6.37. The Balaban J connectivity index is 1.59. The van der Waals surface area contributed by atoms with Crippen molar-refractivity contribution in [3.8, 4) is 22.4 Å². The lowest BCUT2D eigenvalue weighted by Crippen LogP contribution is -2.28. The molecule has 0 bridgehead atoms. The lowest BCUT2D eigenvalue weighted by Gasteiger charge is -2.06. The van der Waals surface area contributed by atoms with Gasteiger partial charge in [-0.05, 0) is 42.5 Å². The van der Waals surface area contributed by atoms with Crippen molar-refractivity contribution in [2.24, 2.45) is 5.16 Å². The Bertz CT molecular complexity index is 1090. The number of nitrogens with zero attached hydrogens (tertiary/aromatic N) is 4. The molecule has 1 aliphatic carbocycles. The molecule has 8 nitrogen and oxygen atoms in total. The number of carbonyl (C=O) groups is 1. The average molecular weight is 419 g/mol. The van der Waals surface area contributed by atoms with Gasteiger partial charge in [0.15, 0.2) is 0 Å². The van der Waals surface area contributed by atoms with Crippen LogP contribution in [0.4, 0.5) is 0 Å². The minimum absolute atomic E-state index is 0.0686. The molecule has 2 aromatic heterocycles. The Labute approximate surface area is 180 Å². The maximum absolute atomic E-state index is 11.5. The number of nitrogens with one attached hydrogen (secondary N) is 1. The van der Waals surface area contributed by atoms with E-state index in [1.54, 1.807) is 12.4 Å². The lowest BCUT2D eigenvalue weighted by molar-refractivity contribution is -0.124. The summed E-state index contributed by atoms with van der Waals surface area (Å²) in [5.74, 6) is -0.120. The van der Waals surface area contributed by atoms with E-state index in [4.69, 9.17) is 9.84 Å². The summed E-state index contributed by atoms with van der Waals surface area (Å²) in [6.07, 6.45) is 7.94. The second-order valence-electron chi connectivity index (χ2n) is 7.45. The maximum atomic E-state index is 11.5. The highest BCUT2D eigenvalue weighted by molar-refractivity contribution is 6.04. The number of amides is 1. The van der Waals surface area contributed by atoms with Gasteiger partial charge in [0, 0.05) is 55.5 Å². The van der Waals surface area contributed by atoms with Crippen molar-refractivity contribution in [2.75, 3.05) is 20.3 Å². The zero-order chi connectivity index (χ0) is 21.6. The predicted octanol–water partition coefficient (Wildman–Crippen LogP) is 2.89. The third kappa shape index (κ3) is 4.64. The van der Waals surface area contributed by atoms with E-state index in [0.717, 1.165) is 52.9 Å². The molecule has 8 heteroatoms. The van der Waals surface area contributed by atoms with Crippen LogP contribution in [0.25, 0.3) is 22.4 Å². The fraction of sp³-hybridized carbons (Fsp3) is 0.304. The fourth-order valence-corrected chi connectivity index (χ4v) is 3.86. The number of fused-ring (bicyclic) bond motifs is 1. The smallest absolute Gasteiger partial charge is 0.245 e. The van der Waals surface area contributed by atoms with Crippen LogP contribution in [0.3, 0.4) is 0 Å². The van der Waals surface area contributed by atoms with E-state index in [-0.39, 0.29) is 12.5 Å². The Morgan fingerprint density at radius 3 is 2.81 bits per heavy atom. The number of carbonyl (C=O) groups excluding carboxylic acids is 1. The van der Waals surface area contributed by atoms with Gasteiger partial charge < -0.3 is 15.3 Å². The van der Waals surface area contributed by atoms with Crippen LogP contribution in [-0.4, -0.2) is 51.9 Å². The number of ether oxygens (including phenoxy) is 1. The van der Waals surface area contributed by atoms with E-state index in [1.807, 2.05) is 35.1 Å². The first kappa shape index (κ1) is 20.7. The van der Waals surface area contributed by atoms with E-state index in [2.05, 4.69) is 21.5 Å². The molecule has 0 atom stereocenters. The van der Waals surface area contributed by atoms with Crippen LogP contribution in [0, 0.1) is 0 Å². The molecule has 1 aliphatic rings. The largest absolute Gasteiger partial charge is 0.411 e. The highest BCUT2D eigenvalue weighted by atomic mass is 16.5. The van der Waals surface area contributed by atoms with Gasteiger partial charge in [-0.2, -0.15) is 5.10 Å². The van der Waals surface area contributed by atoms with Gasteiger partial charge >= 0.3 is 0 Å². The summed E-state index contributed by atoms with van der Waals surface area (Å²) in [6, 6.07) is 10.1. The monoisotopic (exact) mass is 419 g/mol. The third-order valence-corrected chi connectivity index (χ3v) is 5.36. The fourth-order valence-electron chi connectivity index (χ4n) is 3.86. The zero-order valence-electron chi connectivity index (χ0n) is 17.4. The number of methoxy groups -OCH3 is 1. The van der Waals surface area contributed by atoms with Crippen molar-refractivity contribution in [3.05, 3.63) is 60.0 Å². The number of oxime groups is 1. The van der Waals surface area contributed by atoms with Crippen LogP contribution in [0.15, 0.2) is 54.1 Å². The van der Waals surface area contributed by atoms with Crippen molar-refractivity contribution in [3.63, 3.8) is 0 Å². The number of hydrogen-bond acceptors (Lipinski definition) is 6. The summed E-state index contributed by atoms with van der Waals surface area (Å²) in [7, 11) is 1.50. The molecule has 0 aliphatic heterocycles. The molecular formula is C23H25N5O3. The topological polar surface area (TPSA) is 102 Å². The molecule has 0 spiro atoms. The van der Waals surface area contributed by atoms with Crippen molar-refractivity contribution in [2.45, 2.75) is 25.8 Å². The number of rotatable bonds is 8. The number of aromatic nitrogens is 3. The SMILES string of the molecule is COCC(=O)NCCCn1cc(-c2ccc3c(c2)CC/C3=N\O)c(-c2ccncc2)n1. The van der Waals surface area contributed by atoms with Crippen LogP contribution in [0.1, 0.15) is 24.0 Å². The average Bonchev–Trinajstić information content (AvgIpc) is 3.41. The molecule has 0 saturated heterocycles. The van der Waals surface area contributed by atoms with Gasteiger partial charge in [-0.15, -0.1) is 0 Å². The Hall–Kier alpha value is -3.52. The number of aryl methyl sites for hydroxylation is 2. The minimum Gasteiger partial charge on any atom is -0.411 e. The molecule has 0 unspecified atom stereocenters.